The fourth-order valence-electron chi connectivity index (χ4n) is 3.13. The molecule has 1 aliphatic carbocycles. The van der Waals surface area contributed by atoms with E-state index < -0.39 is 0 Å². The van der Waals surface area contributed by atoms with Crippen molar-refractivity contribution in [2.24, 2.45) is 11.8 Å². The van der Waals surface area contributed by atoms with Gasteiger partial charge in [-0.2, -0.15) is 0 Å². The smallest absolute Gasteiger partial charge is 0.229 e. The van der Waals surface area contributed by atoms with Crippen molar-refractivity contribution in [3.8, 4) is 0 Å². The molecule has 25 heavy (non-hydrogen) atoms. The lowest BCUT2D eigenvalue weighted by Crippen LogP contribution is -2.48. The van der Waals surface area contributed by atoms with Crippen molar-refractivity contribution in [3.05, 3.63) is 46.2 Å². The van der Waals surface area contributed by atoms with Crippen LogP contribution in [0.15, 0.2) is 24.3 Å². The van der Waals surface area contributed by atoms with Crippen molar-refractivity contribution < 1.29 is 9.18 Å². The van der Waals surface area contributed by atoms with Gasteiger partial charge in [0.15, 0.2) is 5.13 Å². The van der Waals surface area contributed by atoms with Gasteiger partial charge in [0.05, 0.1) is 5.69 Å². The number of carbonyl (C=O) groups excluding carboxylic acids is 1. The van der Waals surface area contributed by atoms with Crippen LogP contribution < -0.4 is 10.6 Å². The quantitative estimate of drug-likeness (QED) is 0.829. The highest BCUT2D eigenvalue weighted by molar-refractivity contribution is 7.15. The second kappa shape index (κ2) is 6.84. The lowest BCUT2D eigenvalue weighted by molar-refractivity contribution is -0.121. The van der Waals surface area contributed by atoms with Crippen LogP contribution in [0.4, 0.5) is 9.52 Å². The largest absolute Gasteiger partial charge is 0.316 e. The monoisotopic (exact) mass is 359 g/mol. The molecule has 1 saturated heterocycles. The molecule has 4 rings (SSSR count). The number of aromatic nitrogens is 1. The minimum atomic E-state index is -0.186. The van der Waals surface area contributed by atoms with E-state index in [0.29, 0.717) is 29.0 Å². The fourth-order valence-corrected chi connectivity index (χ4v) is 4.21. The molecule has 0 bridgehead atoms. The molecular weight excluding hydrogens is 337 g/mol. The number of nitrogens with one attached hydrogen (secondary N) is 2. The van der Waals surface area contributed by atoms with Crippen molar-refractivity contribution in [2.45, 2.75) is 32.1 Å². The summed E-state index contributed by atoms with van der Waals surface area (Å²) in [7, 11) is 0. The molecule has 132 valence electrons. The Morgan fingerprint density at radius 3 is 2.80 bits per heavy atom. The third-order valence-corrected chi connectivity index (χ3v) is 6.15. The lowest BCUT2D eigenvalue weighted by Gasteiger charge is -2.31. The minimum absolute atomic E-state index is 0.0236. The highest BCUT2D eigenvalue weighted by Crippen LogP contribution is 2.44. The molecule has 2 N–H and O–H groups in total. The highest BCUT2D eigenvalue weighted by atomic mass is 32.1. The molecule has 0 radical (unpaired) electrons. The van der Waals surface area contributed by atoms with Crippen LogP contribution in [-0.4, -0.2) is 24.0 Å². The second-order valence-electron chi connectivity index (χ2n) is 7.07. The molecular formula is C19H22FN3OS. The van der Waals surface area contributed by atoms with Crippen LogP contribution in [0.25, 0.3) is 0 Å². The van der Waals surface area contributed by atoms with Gasteiger partial charge in [-0.1, -0.05) is 25.1 Å². The van der Waals surface area contributed by atoms with Crippen molar-refractivity contribution in [1.29, 1.82) is 0 Å². The molecule has 2 fully saturated rings. The van der Waals surface area contributed by atoms with Gasteiger partial charge in [0.25, 0.3) is 0 Å². The lowest BCUT2D eigenvalue weighted by atomic mass is 9.88. The number of anilines is 1. The van der Waals surface area contributed by atoms with E-state index >= 15 is 0 Å². The van der Waals surface area contributed by atoms with Crippen LogP contribution >= 0.6 is 11.3 Å². The zero-order valence-electron chi connectivity index (χ0n) is 14.2. The Morgan fingerprint density at radius 1 is 1.40 bits per heavy atom. The van der Waals surface area contributed by atoms with E-state index in [9.17, 15) is 9.18 Å². The Kier molecular flexibility index (Phi) is 4.56. The van der Waals surface area contributed by atoms with Crippen LogP contribution in [-0.2, 0) is 11.2 Å². The first-order chi connectivity index (χ1) is 12.1. The Labute approximate surface area is 150 Å². The standard InChI is InChI=1S/C19H22FN3OS/c1-11(14-9-21-10-14)18(24)23-19-22-17(12-6-7-12)16(25-19)8-13-4-2-3-5-15(13)20/h2-5,11-12,14,21H,6-10H2,1H3,(H,22,23,24). The van der Waals surface area contributed by atoms with Gasteiger partial charge in [0, 0.05) is 23.1 Å². The summed E-state index contributed by atoms with van der Waals surface area (Å²) in [5.41, 5.74) is 1.72. The molecule has 1 aromatic carbocycles. The maximum atomic E-state index is 14.0. The van der Waals surface area contributed by atoms with Crippen LogP contribution in [0.2, 0.25) is 0 Å². The van der Waals surface area contributed by atoms with Crippen LogP contribution in [0.3, 0.4) is 0 Å². The molecule has 1 saturated carbocycles. The molecule has 2 aliphatic rings. The molecule has 2 heterocycles. The summed E-state index contributed by atoms with van der Waals surface area (Å²) < 4.78 is 14.0. The Bertz CT molecular complexity index is 783. The number of hydrogen-bond donors (Lipinski definition) is 2. The van der Waals surface area contributed by atoms with E-state index in [1.165, 1.54) is 17.4 Å². The van der Waals surface area contributed by atoms with Crippen molar-refractivity contribution in [2.75, 3.05) is 18.4 Å². The predicted molar refractivity (Wildman–Crippen MR) is 97.4 cm³/mol. The van der Waals surface area contributed by atoms with Gasteiger partial charge in [0.2, 0.25) is 5.91 Å². The normalized spacial score (nSPS) is 18.6. The number of carbonyl (C=O) groups is 1. The van der Waals surface area contributed by atoms with E-state index in [2.05, 4.69) is 15.6 Å². The number of amides is 1. The third kappa shape index (κ3) is 3.60. The number of hydrogen-bond acceptors (Lipinski definition) is 4. The van der Waals surface area contributed by atoms with Gasteiger partial charge in [0.1, 0.15) is 5.82 Å². The van der Waals surface area contributed by atoms with E-state index in [1.807, 2.05) is 19.1 Å². The molecule has 1 amide bonds. The van der Waals surface area contributed by atoms with Gasteiger partial charge >= 0.3 is 0 Å². The molecule has 1 aliphatic heterocycles. The summed E-state index contributed by atoms with van der Waals surface area (Å²) in [5.74, 6) is 0.691. The number of nitrogens with zero attached hydrogens (tertiary/aromatic N) is 1. The first-order valence-corrected chi connectivity index (χ1v) is 9.68. The molecule has 6 heteroatoms. The number of rotatable bonds is 6. The van der Waals surface area contributed by atoms with Crippen LogP contribution in [0.1, 0.15) is 41.8 Å². The first-order valence-electron chi connectivity index (χ1n) is 8.86. The summed E-state index contributed by atoms with van der Waals surface area (Å²) in [6.45, 7) is 3.77. The maximum absolute atomic E-state index is 14.0. The number of halogens is 1. The van der Waals surface area contributed by atoms with Crippen LogP contribution in [0, 0.1) is 17.7 Å². The van der Waals surface area contributed by atoms with E-state index in [-0.39, 0.29) is 17.6 Å². The van der Waals surface area contributed by atoms with E-state index in [1.54, 1.807) is 6.07 Å². The second-order valence-corrected chi connectivity index (χ2v) is 8.15. The van der Waals surface area contributed by atoms with E-state index in [4.69, 9.17) is 0 Å². The average Bonchev–Trinajstić information content (AvgIpc) is 3.31. The number of thiazole rings is 1. The van der Waals surface area contributed by atoms with Crippen molar-refractivity contribution in [1.82, 2.24) is 10.3 Å². The molecule has 1 unspecified atom stereocenters. The van der Waals surface area contributed by atoms with Crippen LogP contribution in [0.5, 0.6) is 0 Å². The average molecular weight is 359 g/mol. The Balaban J connectivity index is 1.52. The summed E-state index contributed by atoms with van der Waals surface area (Å²) in [4.78, 5) is 18.2. The summed E-state index contributed by atoms with van der Waals surface area (Å²) >= 11 is 1.49. The summed E-state index contributed by atoms with van der Waals surface area (Å²) in [6, 6.07) is 6.86. The van der Waals surface area contributed by atoms with Gasteiger partial charge in [-0.05, 0) is 43.5 Å². The SMILES string of the molecule is CC(C(=O)Nc1nc(C2CC2)c(Cc2ccccc2F)s1)C1CNC1. The van der Waals surface area contributed by atoms with Gasteiger partial charge in [-0.25, -0.2) is 9.37 Å². The Hall–Kier alpha value is -1.79. The summed E-state index contributed by atoms with van der Waals surface area (Å²) in [6.07, 6.45) is 2.80. The zero-order valence-corrected chi connectivity index (χ0v) is 15.0. The van der Waals surface area contributed by atoms with Gasteiger partial charge in [-0.3, -0.25) is 4.79 Å². The van der Waals surface area contributed by atoms with Crippen molar-refractivity contribution in [3.63, 3.8) is 0 Å². The summed E-state index contributed by atoms with van der Waals surface area (Å²) in [5, 5.41) is 6.83. The zero-order chi connectivity index (χ0) is 17.4. The van der Waals surface area contributed by atoms with Gasteiger partial charge < -0.3 is 10.6 Å². The van der Waals surface area contributed by atoms with Crippen molar-refractivity contribution >= 4 is 22.4 Å². The molecule has 0 spiro atoms. The molecule has 2 aromatic rings. The molecule has 1 aromatic heterocycles. The highest BCUT2D eigenvalue weighted by Gasteiger charge is 2.32. The third-order valence-electron chi connectivity index (χ3n) is 5.16. The maximum Gasteiger partial charge on any atom is 0.229 e. The Morgan fingerprint density at radius 2 is 2.16 bits per heavy atom. The minimum Gasteiger partial charge on any atom is -0.316 e. The fraction of sp³-hybridized carbons (Fsp3) is 0.474. The molecule has 4 nitrogen and oxygen atoms in total. The predicted octanol–water partition coefficient (Wildman–Crippen LogP) is 3.54. The van der Waals surface area contributed by atoms with E-state index in [0.717, 1.165) is 36.5 Å². The molecule has 1 atom stereocenters. The number of benzene rings is 1. The van der Waals surface area contributed by atoms with Gasteiger partial charge in [-0.15, -0.1) is 11.3 Å². The first kappa shape index (κ1) is 16.7. The topological polar surface area (TPSA) is 54.0 Å².